The summed E-state index contributed by atoms with van der Waals surface area (Å²) in [6, 6.07) is 0. The van der Waals surface area contributed by atoms with Gasteiger partial charge in [0.2, 0.25) is 5.91 Å². The fourth-order valence-electron chi connectivity index (χ4n) is 1.89. The first kappa shape index (κ1) is 14.0. The van der Waals surface area contributed by atoms with Crippen molar-refractivity contribution in [2.75, 3.05) is 13.2 Å². The van der Waals surface area contributed by atoms with Gasteiger partial charge >= 0.3 is 5.97 Å². The minimum Gasteiger partial charge on any atom is -0.479 e. The molecule has 0 aliphatic carbocycles. The van der Waals surface area contributed by atoms with E-state index in [9.17, 15) is 14.7 Å². The number of amides is 1. The average molecular weight is 243 g/mol. The van der Waals surface area contributed by atoms with Crippen molar-refractivity contribution < 1.29 is 19.4 Å². The van der Waals surface area contributed by atoms with Gasteiger partial charge in [0.1, 0.15) is 0 Å². The second-order valence-electron chi connectivity index (χ2n) is 4.72. The molecule has 98 valence electrons. The van der Waals surface area contributed by atoms with E-state index in [2.05, 4.69) is 12.2 Å². The van der Waals surface area contributed by atoms with Crippen molar-refractivity contribution in [1.29, 1.82) is 0 Å². The molecule has 1 fully saturated rings. The summed E-state index contributed by atoms with van der Waals surface area (Å²) >= 11 is 0. The molecule has 1 heterocycles. The molecule has 1 amide bonds. The van der Waals surface area contributed by atoms with E-state index in [1.54, 1.807) is 0 Å². The standard InChI is InChI=1S/C12H21NO4/c1-3-4-5-9(2)10(14)13-12(11(15)16)6-7-17-8-12/h9H,3-8H2,1-2H3,(H,13,14)(H,15,16). The van der Waals surface area contributed by atoms with Gasteiger partial charge in [-0.25, -0.2) is 4.79 Å². The third-order valence-corrected chi connectivity index (χ3v) is 3.23. The predicted molar refractivity (Wildman–Crippen MR) is 62.6 cm³/mol. The number of carbonyl (C=O) groups excluding carboxylic acids is 1. The van der Waals surface area contributed by atoms with E-state index in [1.165, 1.54) is 0 Å². The molecule has 0 spiro atoms. The van der Waals surface area contributed by atoms with Crippen molar-refractivity contribution in [3.8, 4) is 0 Å². The number of carboxylic acid groups (broad SMARTS) is 1. The molecule has 0 aromatic heterocycles. The SMILES string of the molecule is CCCCC(C)C(=O)NC1(C(=O)O)CCOC1. The van der Waals surface area contributed by atoms with Gasteiger partial charge in [-0.15, -0.1) is 0 Å². The summed E-state index contributed by atoms with van der Waals surface area (Å²) in [5.41, 5.74) is -1.21. The minimum absolute atomic E-state index is 0.0641. The maximum Gasteiger partial charge on any atom is 0.331 e. The lowest BCUT2D eigenvalue weighted by molar-refractivity contribution is -0.148. The largest absolute Gasteiger partial charge is 0.479 e. The third-order valence-electron chi connectivity index (χ3n) is 3.23. The van der Waals surface area contributed by atoms with Gasteiger partial charge in [0, 0.05) is 18.9 Å². The van der Waals surface area contributed by atoms with Crippen LogP contribution in [0, 0.1) is 5.92 Å². The van der Waals surface area contributed by atoms with E-state index in [-0.39, 0.29) is 18.4 Å². The third kappa shape index (κ3) is 3.43. The molecule has 0 aromatic carbocycles. The molecule has 0 bridgehead atoms. The predicted octanol–water partition coefficient (Wildman–Crippen LogP) is 1.17. The lowest BCUT2D eigenvalue weighted by atomic mass is 9.96. The first-order chi connectivity index (χ1) is 8.02. The number of carboxylic acids is 1. The van der Waals surface area contributed by atoms with Gasteiger partial charge in [-0.2, -0.15) is 0 Å². The van der Waals surface area contributed by atoms with Crippen molar-refractivity contribution in [1.82, 2.24) is 5.32 Å². The van der Waals surface area contributed by atoms with Gasteiger partial charge in [-0.05, 0) is 6.42 Å². The number of carbonyl (C=O) groups is 2. The van der Waals surface area contributed by atoms with Gasteiger partial charge in [0.25, 0.3) is 0 Å². The van der Waals surface area contributed by atoms with Crippen LogP contribution in [0.5, 0.6) is 0 Å². The van der Waals surface area contributed by atoms with Gasteiger partial charge in [0.15, 0.2) is 5.54 Å². The molecule has 17 heavy (non-hydrogen) atoms. The molecule has 1 aliphatic rings. The Kier molecular flexibility index (Phi) is 4.93. The van der Waals surface area contributed by atoms with Crippen molar-refractivity contribution in [2.24, 2.45) is 5.92 Å². The molecule has 5 nitrogen and oxygen atoms in total. The fraction of sp³-hybridized carbons (Fsp3) is 0.833. The Morgan fingerprint density at radius 3 is 2.71 bits per heavy atom. The molecule has 0 aromatic rings. The zero-order valence-electron chi connectivity index (χ0n) is 10.5. The first-order valence-electron chi connectivity index (χ1n) is 6.15. The number of aliphatic carboxylic acids is 1. The molecule has 2 unspecified atom stereocenters. The normalized spacial score (nSPS) is 25.5. The molecule has 2 atom stereocenters. The number of nitrogens with one attached hydrogen (secondary N) is 1. The highest BCUT2D eigenvalue weighted by atomic mass is 16.5. The Bertz CT molecular complexity index is 284. The molecule has 1 aliphatic heterocycles. The smallest absolute Gasteiger partial charge is 0.331 e. The van der Waals surface area contributed by atoms with Crippen molar-refractivity contribution in [3.05, 3.63) is 0 Å². The zero-order valence-corrected chi connectivity index (χ0v) is 10.5. The van der Waals surface area contributed by atoms with Crippen LogP contribution in [0.4, 0.5) is 0 Å². The second kappa shape index (κ2) is 6.00. The zero-order chi connectivity index (χ0) is 12.9. The highest BCUT2D eigenvalue weighted by molar-refractivity contribution is 5.88. The molecule has 0 radical (unpaired) electrons. The van der Waals surface area contributed by atoms with E-state index in [1.807, 2.05) is 6.92 Å². The van der Waals surface area contributed by atoms with E-state index in [0.29, 0.717) is 13.0 Å². The number of unbranched alkanes of at least 4 members (excludes halogenated alkanes) is 1. The lowest BCUT2D eigenvalue weighted by Gasteiger charge is -2.25. The van der Waals surface area contributed by atoms with Gasteiger partial charge in [-0.3, -0.25) is 4.79 Å². The topological polar surface area (TPSA) is 75.6 Å². The summed E-state index contributed by atoms with van der Waals surface area (Å²) in [6.07, 6.45) is 3.14. The van der Waals surface area contributed by atoms with E-state index >= 15 is 0 Å². The van der Waals surface area contributed by atoms with Crippen LogP contribution in [-0.4, -0.2) is 35.7 Å². The van der Waals surface area contributed by atoms with Crippen LogP contribution in [0.3, 0.4) is 0 Å². The summed E-state index contributed by atoms with van der Waals surface area (Å²) in [5, 5.41) is 11.8. The first-order valence-corrected chi connectivity index (χ1v) is 6.15. The van der Waals surface area contributed by atoms with Crippen molar-refractivity contribution >= 4 is 11.9 Å². The van der Waals surface area contributed by atoms with Crippen LogP contribution in [-0.2, 0) is 14.3 Å². The lowest BCUT2D eigenvalue weighted by Crippen LogP contribution is -2.56. The van der Waals surface area contributed by atoms with Gasteiger partial charge in [0.05, 0.1) is 6.61 Å². The average Bonchev–Trinajstić information content (AvgIpc) is 2.75. The molecule has 2 N–H and O–H groups in total. The Hall–Kier alpha value is -1.10. The van der Waals surface area contributed by atoms with Crippen molar-refractivity contribution in [3.63, 3.8) is 0 Å². The van der Waals surface area contributed by atoms with Crippen molar-refractivity contribution in [2.45, 2.75) is 45.1 Å². The van der Waals surface area contributed by atoms with Gasteiger partial charge < -0.3 is 15.2 Å². The van der Waals surface area contributed by atoms with E-state index in [0.717, 1.165) is 19.3 Å². The Labute approximate surface area is 102 Å². The summed E-state index contributed by atoms with van der Waals surface area (Å²) in [4.78, 5) is 23.1. The van der Waals surface area contributed by atoms with Crippen LogP contribution in [0.25, 0.3) is 0 Å². The number of ether oxygens (including phenoxy) is 1. The highest BCUT2D eigenvalue weighted by Gasteiger charge is 2.44. The summed E-state index contributed by atoms with van der Waals surface area (Å²) < 4.78 is 5.09. The quantitative estimate of drug-likeness (QED) is 0.734. The van der Waals surface area contributed by atoms with Crippen LogP contribution in [0.2, 0.25) is 0 Å². The van der Waals surface area contributed by atoms with E-state index in [4.69, 9.17) is 4.74 Å². The maximum absolute atomic E-state index is 11.9. The Morgan fingerprint density at radius 2 is 2.24 bits per heavy atom. The molecule has 1 rings (SSSR count). The number of rotatable bonds is 6. The Balaban J connectivity index is 2.56. The molecule has 5 heteroatoms. The van der Waals surface area contributed by atoms with Crippen LogP contribution in [0.15, 0.2) is 0 Å². The summed E-state index contributed by atoms with van der Waals surface area (Å²) in [6.45, 7) is 4.34. The molecular weight excluding hydrogens is 222 g/mol. The second-order valence-corrected chi connectivity index (χ2v) is 4.72. The van der Waals surface area contributed by atoms with Gasteiger partial charge in [-0.1, -0.05) is 26.7 Å². The van der Waals surface area contributed by atoms with Crippen LogP contribution >= 0.6 is 0 Å². The number of hydrogen-bond acceptors (Lipinski definition) is 3. The minimum atomic E-state index is -1.21. The summed E-state index contributed by atoms with van der Waals surface area (Å²) in [5.74, 6) is -1.34. The summed E-state index contributed by atoms with van der Waals surface area (Å²) in [7, 11) is 0. The van der Waals surface area contributed by atoms with Crippen LogP contribution in [0.1, 0.15) is 39.5 Å². The molecule has 1 saturated heterocycles. The monoisotopic (exact) mass is 243 g/mol. The molecule has 0 saturated carbocycles. The molecular formula is C12H21NO4. The highest BCUT2D eigenvalue weighted by Crippen LogP contribution is 2.20. The van der Waals surface area contributed by atoms with Crippen LogP contribution < -0.4 is 5.32 Å². The van der Waals surface area contributed by atoms with E-state index < -0.39 is 11.5 Å². The Morgan fingerprint density at radius 1 is 1.53 bits per heavy atom. The fourth-order valence-corrected chi connectivity index (χ4v) is 1.89. The maximum atomic E-state index is 11.9. The number of hydrogen-bond donors (Lipinski definition) is 2.